The minimum Gasteiger partial charge on any atom is -0.481 e. The van der Waals surface area contributed by atoms with E-state index in [1.807, 2.05) is 36.1 Å². The Morgan fingerprint density at radius 2 is 2.04 bits per heavy atom. The van der Waals surface area contributed by atoms with Crippen molar-refractivity contribution in [2.75, 3.05) is 13.1 Å². The molecule has 0 bridgehead atoms. The van der Waals surface area contributed by atoms with Crippen LogP contribution in [0.15, 0.2) is 24.3 Å². The van der Waals surface area contributed by atoms with Crippen LogP contribution in [-0.4, -0.2) is 41.1 Å². The second-order valence-corrected chi connectivity index (χ2v) is 6.86. The Morgan fingerprint density at radius 1 is 1.35 bits per heavy atom. The number of hydrogen-bond acceptors (Lipinski definition) is 3. The summed E-state index contributed by atoms with van der Waals surface area (Å²) in [4.78, 5) is 25.4. The number of likely N-dealkylation sites (tertiary alicyclic amines) is 1. The van der Waals surface area contributed by atoms with Crippen molar-refractivity contribution >= 4 is 11.9 Å². The zero-order valence-corrected chi connectivity index (χ0v) is 13.6. The molecule has 2 fully saturated rings. The standard InChI is InChI=1S/C18H23NO4/c1-12-4-3-5-14(10-12)23-13(2)16(20)19-8-6-18(7-9-19)11-15(18)17(21)22/h3-5,10,13,15H,6-9,11H2,1-2H3,(H,21,22). The molecule has 23 heavy (non-hydrogen) atoms. The summed E-state index contributed by atoms with van der Waals surface area (Å²) in [6.45, 7) is 5.01. The largest absolute Gasteiger partial charge is 0.481 e. The monoisotopic (exact) mass is 317 g/mol. The SMILES string of the molecule is Cc1cccc(OC(C)C(=O)N2CCC3(CC2)CC3C(=O)O)c1. The fraction of sp³-hybridized carbons (Fsp3) is 0.556. The van der Waals surface area contributed by atoms with Gasteiger partial charge in [-0.2, -0.15) is 0 Å². The fourth-order valence-corrected chi connectivity index (χ4v) is 3.62. The van der Waals surface area contributed by atoms with Gasteiger partial charge in [-0.1, -0.05) is 12.1 Å². The van der Waals surface area contributed by atoms with Crippen molar-refractivity contribution in [2.45, 2.75) is 39.2 Å². The first kappa shape index (κ1) is 15.8. The first-order valence-electron chi connectivity index (χ1n) is 8.16. The lowest BCUT2D eigenvalue weighted by Gasteiger charge is -2.34. The Balaban J connectivity index is 1.54. The highest BCUT2D eigenvalue weighted by Gasteiger charge is 2.59. The van der Waals surface area contributed by atoms with E-state index < -0.39 is 12.1 Å². The molecule has 1 amide bonds. The van der Waals surface area contributed by atoms with Gasteiger partial charge in [-0.25, -0.2) is 0 Å². The van der Waals surface area contributed by atoms with Crippen LogP contribution in [0.2, 0.25) is 0 Å². The molecule has 1 saturated heterocycles. The number of nitrogens with zero attached hydrogens (tertiary/aromatic N) is 1. The van der Waals surface area contributed by atoms with Crippen molar-refractivity contribution in [3.8, 4) is 5.75 Å². The van der Waals surface area contributed by atoms with Gasteiger partial charge in [0.2, 0.25) is 0 Å². The molecule has 124 valence electrons. The van der Waals surface area contributed by atoms with Gasteiger partial charge < -0.3 is 14.7 Å². The second-order valence-electron chi connectivity index (χ2n) is 6.86. The van der Waals surface area contributed by atoms with E-state index in [2.05, 4.69) is 0 Å². The molecule has 5 nitrogen and oxygen atoms in total. The van der Waals surface area contributed by atoms with Crippen LogP contribution in [0.1, 0.15) is 31.7 Å². The number of amides is 1. The molecule has 1 aromatic carbocycles. The van der Waals surface area contributed by atoms with Gasteiger partial charge in [-0.05, 0) is 56.2 Å². The van der Waals surface area contributed by atoms with Crippen LogP contribution in [0.5, 0.6) is 5.75 Å². The first-order chi connectivity index (χ1) is 10.9. The number of carbonyl (C=O) groups excluding carboxylic acids is 1. The molecule has 1 aromatic rings. The van der Waals surface area contributed by atoms with Crippen LogP contribution in [0.25, 0.3) is 0 Å². The summed E-state index contributed by atoms with van der Waals surface area (Å²) in [6.07, 6.45) is 1.81. The third kappa shape index (κ3) is 3.19. The minimum atomic E-state index is -0.694. The Labute approximate surface area is 136 Å². The molecule has 1 saturated carbocycles. The number of carboxylic acids is 1. The van der Waals surface area contributed by atoms with Gasteiger partial charge >= 0.3 is 5.97 Å². The molecule has 1 aliphatic heterocycles. The predicted octanol–water partition coefficient (Wildman–Crippen LogP) is 2.48. The van der Waals surface area contributed by atoms with E-state index in [9.17, 15) is 9.59 Å². The number of aliphatic carboxylic acids is 1. The molecule has 5 heteroatoms. The van der Waals surface area contributed by atoms with Gasteiger partial charge in [0.05, 0.1) is 5.92 Å². The zero-order valence-electron chi connectivity index (χ0n) is 13.6. The number of carboxylic acid groups (broad SMARTS) is 1. The van der Waals surface area contributed by atoms with Gasteiger partial charge in [0.1, 0.15) is 5.75 Å². The van der Waals surface area contributed by atoms with Crippen LogP contribution in [-0.2, 0) is 9.59 Å². The minimum absolute atomic E-state index is 0.0196. The summed E-state index contributed by atoms with van der Waals surface area (Å²) < 4.78 is 5.75. The second kappa shape index (κ2) is 5.87. The van der Waals surface area contributed by atoms with Crippen molar-refractivity contribution in [3.63, 3.8) is 0 Å². The van der Waals surface area contributed by atoms with Crippen LogP contribution < -0.4 is 4.74 Å². The van der Waals surface area contributed by atoms with Gasteiger partial charge in [0.15, 0.2) is 6.10 Å². The predicted molar refractivity (Wildman–Crippen MR) is 85.3 cm³/mol. The number of aryl methyl sites for hydroxylation is 1. The topological polar surface area (TPSA) is 66.8 Å². The number of ether oxygens (including phenoxy) is 1. The lowest BCUT2D eigenvalue weighted by molar-refractivity contribution is -0.141. The van der Waals surface area contributed by atoms with Crippen molar-refractivity contribution in [3.05, 3.63) is 29.8 Å². The number of rotatable bonds is 4. The number of carbonyl (C=O) groups is 2. The number of benzene rings is 1. The van der Waals surface area contributed by atoms with E-state index in [1.54, 1.807) is 6.92 Å². The summed E-state index contributed by atoms with van der Waals surface area (Å²) in [5.41, 5.74) is 1.04. The molecule has 3 rings (SSSR count). The Kier molecular flexibility index (Phi) is 4.04. The van der Waals surface area contributed by atoms with Gasteiger partial charge in [0.25, 0.3) is 5.91 Å². The van der Waals surface area contributed by atoms with Crippen LogP contribution in [0.3, 0.4) is 0 Å². The van der Waals surface area contributed by atoms with E-state index in [0.717, 1.165) is 24.8 Å². The molecule has 1 aliphatic carbocycles. The van der Waals surface area contributed by atoms with E-state index in [1.165, 1.54) is 0 Å². The zero-order chi connectivity index (χ0) is 16.6. The third-order valence-electron chi connectivity index (χ3n) is 5.21. The summed E-state index contributed by atoms with van der Waals surface area (Å²) in [7, 11) is 0. The Bertz CT molecular complexity index is 619. The maximum atomic E-state index is 12.5. The maximum absolute atomic E-state index is 12.5. The quantitative estimate of drug-likeness (QED) is 0.926. The molecule has 1 heterocycles. The molecular weight excluding hydrogens is 294 g/mol. The Morgan fingerprint density at radius 3 is 2.61 bits per heavy atom. The van der Waals surface area contributed by atoms with E-state index in [0.29, 0.717) is 18.8 Å². The third-order valence-corrected chi connectivity index (χ3v) is 5.21. The smallest absolute Gasteiger partial charge is 0.307 e. The molecule has 2 atom stereocenters. The Hall–Kier alpha value is -2.04. The van der Waals surface area contributed by atoms with Gasteiger partial charge in [0, 0.05) is 13.1 Å². The normalized spacial score (nSPS) is 23.4. The van der Waals surface area contributed by atoms with Crippen LogP contribution >= 0.6 is 0 Å². The molecular formula is C18H23NO4. The number of hydrogen-bond donors (Lipinski definition) is 1. The highest BCUT2D eigenvalue weighted by molar-refractivity contribution is 5.81. The van der Waals surface area contributed by atoms with E-state index >= 15 is 0 Å². The average Bonchev–Trinajstić information content (AvgIpc) is 3.21. The lowest BCUT2D eigenvalue weighted by atomic mass is 9.90. The van der Waals surface area contributed by atoms with E-state index in [4.69, 9.17) is 9.84 Å². The van der Waals surface area contributed by atoms with Gasteiger partial charge in [-0.3, -0.25) is 9.59 Å². The van der Waals surface area contributed by atoms with Crippen molar-refractivity contribution in [2.24, 2.45) is 11.3 Å². The van der Waals surface area contributed by atoms with Crippen molar-refractivity contribution in [1.82, 2.24) is 4.90 Å². The molecule has 0 aromatic heterocycles. The van der Waals surface area contributed by atoms with Gasteiger partial charge in [-0.15, -0.1) is 0 Å². The average molecular weight is 317 g/mol. The molecule has 1 N–H and O–H groups in total. The fourth-order valence-electron chi connectivity index (χ4n) is 3.62. The molecule has 0 radical (unpaired) electrons. The number of piperidine rings is 1. The van der Waals surface area contributed by atoms with Crippen LogP contribution in [0, 0.1) is 18.3 Å². The lowest BCUT2D eigenvalue weighted by Crippen LogP contribution is -2.45. The highest BCUT2D eigenvalue weighted by atomic mass is 16.5. The first-order valence-corrected chi connectivity index (χ1v) is 8.16. The highest BCUT2D eigenvalue weighted by Crippen LogP contribution is 2.59. The summed E-state index contributed by atoms with van der Waals surface area (Å²) in [6, 6.07) is 7.66. The summed E-state index contributed by atoms with van der Waals surface area (Å²) in [5.74, 6) is -0.219. The van der Waals surface area contributed by atoms with E-state index in [-0.39, 0.29) is 17.2 Å². The summed E-state index contributed by atoms with van der Waals surface area (Å²) >= 11 is 0. The molecule has 1 spiro atoms. The molecule has 2 unspecified atom stereocenters. The summed E-state index contributed by atoms with van der Waals surface area (Å²) in [5, 5.41) is 9.12. The van der Waals surface area contributed by atoms with Crippen molar-refractivity contribution in [1.29, 1.82) is 0 Å². The maximum Gasteiger partial charge on any atom is 0.307 e. The van der Waals surface area contributed by atoms with Crippen LogP contribution in [0.4, 0.5) is 0 Å². The molecule has 2 aliphatic rings. The van der Waals surface area contributed by atoms with Crippen molar-refractivity contribution < 1.29 is 19.4 Å².